The highest BCUT2D eigenvalue weighted by molar-refractivity contribution is 6.17. The Kier molecular flexibility index (Phi) is 6.26. The Balaban J connectivity index is 4.35. The van der Waals surface area contributed by atoms with Crippen molar-refractivity contribution >= 4 is 17.5 Å². The van der Waals surface area contributed by atoms with Crippen molar-refractivity contribution in [2.75, 3.05) is 5.88 Å². The third-order valence-electron chi connectivity index (χ3n) is 2.82. The van der Waals surface area contributed by atoms with Crippen molar-refractivity contribution in [2.45, 2.75) is 53.5 Å². The van der Waals surface area contributed by atoms with Gasteiger partial charge < -0.3 is 5.32 Å². The molecule has 15 heavy (non-hydrogen) atoms. The summed E-state index contributed by atoms with van der Waals surface area (Å²) in [6.45, 7) is 10.4. The molecule has 2 atom stereocenters. The lowest BCUT2D eigenvalue weighted by molar-refractivity contribution is -0.126. The van der Waals surface area contributed by atoms with E-state index in [9.17, 15) is 4.79 Å². The fraction of sp³-hybridized carbons (Fsp3) is 0.917. The van der Waals surface area contributed by atoms with E-state index in [1.807, 2.05) is 13.8 Å². The van der Waals surface area contributed by atoms with Gasteiger partial charge in [-0.1, -0.05) is 34.6 Å². The van der Waals surface area contributed by atoms with Crippen LogP contribution in [0.2, 0.25) is 0 Å². The number of carbonyl (C=O) groups is 1. The van der Waals surface area contributed by atoms with E-state index in [4.69, 9.17) is 11.6 Å². The van der Waals surface area contributed by atoms with Crippen molar-refractivity contribution in [1.82, 2.24) is 5.32 Å². The second kappa shape index (κ2) is 6.37. The molecule has 0 aromatic rings. The molecule has 0 aromatic heterocycles. The van der Waals surface area contributed by atoms with Crippen LogP contribution in [-0.4, -0.2) is 17.8 Å². The van der Waals surface area contributed by atoms with Crippen molar-refractivity contribution in [1.29, 1.82) is 0 Å². The van der Waals surface area contributed by atoms with Gasteiger partial charge in [-0.15, -0.1) is 11.6 Å². The molecule has 0 aliphatic heterocycles. The van der Waals surface area contributed by atoms with Crippen molar-refractivity contribution in [2.24, 2.45) is 11.3 Å². The highest BCUT2D eigenvalue weighted by Gasteiger charge is 2.26. The van der Waals surface area contributed by atoms with E-state index in [0.29, 0.717) is 5.88 Å². The zero-order valence-corrected chi connectivity index (χ0v) is 11.3. The molecule has 0 aliphatic carbocycles. The Morgan fingerprint density at radius 1 is 1.40 bits per heavy atom. The molecule has 1 amide bonds. The maximum absolute atomic E-state index is 11.8. The molecule has 0 aliphatic rings. The van der Waals surface area contributed by atoms with Gasteiger partial charge in [-0.3, -0.25) is 4.79 Å². The van der Waals surface area contributed by atoms with Gasteiger partial charge in [-0.2, -0.15) is 0 Å². The number of hydrogen-bond donors (Lipinski definition) is 1. The van der Waals surface area contributed by atoms with Gasteiger partial charge in [0.05, 0.1) is 0 Å². The Morgan fingerprint density at radius 3 is 2.27 bits per heavy atom. The molecule has 0 saturated heterocycles. The second-order valence-electron chi connectivity index (χ2n) is 5.21. The van der Waals surface area contributed by atoms with Crippen molar-refractivity contribution in [3.63, 3.8) is 0 Å². The summed E-state index contributed by atoms with van der Waals surface area (Å²) in [6.07, 6.45) is 1.71. The number of rotatable bonds is 5. The summed E-state index contributed by atoms with van der Waals surface area (Å²) in [4.78, 5) is 11.8. The summed E-state index contributed by atoms with van der Waals surface area (Å²) in [5, 5.41) is 3.09. The first-order valence-corrected chi connectivity index (χ1v) is 6.22. The summed E-state index contributed by atoms with van der Waals surface area (Å²) in [5.41, 5.74) is 0.0675. The third-order valence-corrected chi connectivity index (χ3v) is 3.04. The molecule has 0 radical (unpaired) electrons. The van der Waals surface area contributed by atoms with Gasteiger partial charge in [0.1, 0.15) is 0 Å². The number of amides is 1. The van der Waals surface area contributed by atoms with Crippen LogP contribution in [0.3, 0.4) is 0 Å². The monoisotopic (exact) mass is 233 g/mol. The highest BCUT2D eigenvalue weighted by Crippen LogP contribution is 2.22. The fourth-order valence-electron chi connectivity index (χ4n) is 1.33. The molecular formula is C12H24ClNO. The van der Waals surface area contributed by atoms with E-state index >= 15 is 0 Å². The van der Waals surface area contributed by atoms with Crippen molar-refractivity contribution in [3.8, 4) is 0 Å². The Bertz CT molecular complexity index is 198. The summed E-state index contributed by atoms with van der Waals surface area (Å²) in [6, 6.07) is 0.163. The molecule has 90 valence electrons. The SMILES string of the molecule is CCC(C)C(=O)NC(CCCl)C(C)(C)C. The van der Waals surface area contributed by atoms with Crippen LogP contribution in [0.15, 0.2) is 0 Å². The minimum atomic E-state index is 0.0675. The highest BCUT2D eigenvalue weighted by atomic mass is 35.5. The number of nitrogens with one attached hydrogen (secondary N) is 1. The molecule has 0 spiro atoms. The maximum atomic E-state index is 11.8. The predicted octanol–water partition coefficient (Wildman–Crippen LogP) is 3.19. The lowest BCUT2D eigenvalue weighted by atomic mass is 9.85. The predicted molar refractivity (Wildman–Crippen MR) is 66.2 cm³/mol. The van der Waals surface area contributed by atoms with Crippen molar-refractivity contribution in [3.05, 3.63) is 0 Å². The normalized spacial score (nSPS) is 15.9. The molecule has 2 nitrogen and oxygen atoms in total. The van der Waals surface area contributed by atoms with Crippen LogP contribution in [0.4, 0.5) is 0 Å². The first-order chi connectivity index (χ1) is 6.82. The first-order valence-electron chi connectivity index (χ1n) is 5.69. The van der Waals surface area contributed by atoms with Crippen LogP contribution in [0.1, 0.15) is 47.5 Å². The van der Waals surface area contributed by atoms with Gasteiger partial charge in [0.25, 0.3) is 0 Å². The van der Waals surface area contributed by atoms with Gasteiger partial charge in [0, 0.05) is 17.8 Å². The molecule has 0 saturated carbocycles. The zero-order valence-electron chi connectivity index (χ0n) is 10.6. The van der Waals surface area contributed by atoms with Gasteiger partial charge >= 0.3 is 0 Å². The molecule has 0 fully saturated rings. The number of halogens is 1. The molecule has 3 heteroatoms. The molecule has 0 bridgehead atoms. The molecule has 2 unspecified atom stereocenters. The van der Waals surface area contributed by atoms with Crippen molar-refractivity contribution < 1.29 is 4.79 Å². The smallest absolute Gasteiger partial charge is 0.223 e. The van der Waals surface area contributed by atoms with Gasteiger partial charge in [-0.25, -0.2) is 0 Å². The quantitative estimate of drug-likeness (QED) is 0.726. The second-order valence-corrected chi connectivity index (χ2v) is 5.59. The van der Waals surface area contributed by atoms with Crippen LogP contribution in [0.25, 0.3) is 0 Å². The molecule has 0 rings (SSSR count). The van der Waals surface area contributed by atoms with E-state index in [-0.39, 0.29) is 23.3 Å². The van der Waals surface area contributed by atoms with Crippen LogP contribution in [-0.2, 0) is 4.79 Å². The topological polar surface area (TPSA) is 29.1 Å². The van der Waals surface area contributed by atoms with E-state index in [1.165, 1.54) is 0 Å². The number of carbonyl (C=O) groups excluding carboxylic acids is 1. The van der Waals surface area contributed by atoms with Crippen LogP contribution in [0.5, 0.6) is 0 Å². The largest absolute Gasteiger partial charge is 0.353 e. The van der Waals surface area contributed by atoms with E-state index in [2.05, 4.69) is 26.1 Å². The lowest BCUT2D eigenvalue weighted by Crippen LogP contribution is -2.45. The maximum Gasteiger partial charge on any atom is 0.223 e. The Hall–Kier alpha value is -0.240. The summed E-state index contributed by atoms with van der Waals surface area (Å²) in [7, 11) is 0. The van der Waals surface area contributed by atoms with E-state index in [0.717, 1.165) is 12.8 Å². The average Bonchev–Trinajstić information content (AvgIpc) is 2.14. The molecular weight excluding hydrogens is 210 g/mol. The summed E-state index contributed by atoms with van der Waals surface area (Å²) >= 11 is 5.75. The molecule has 0 heterocycles. The van der Waals surface area contributed by atoms with Gasteiger partial charge in [0.2, 0.25) is 5.91 Å². The lowest BCUT2D eigenvalue weighted by Gasteiger charge is -2.32. The van der Waals surface area contributed by atoms with Gasteiger partial charge in [-0.05, 0) is 18.3 Å². The third kappa shape index (κ3) is 5.41. The number of hydrogen-bond acceptors (Lipinski definition) is 1. The van der Waals surface area contributed by atoms with Gasteiger partial charge in [0.15, 0.2) is 0 Å². The minimum Gasteiger partial charge on any atom is -0.353 e. The fourth-order valence-corrected chi connectivity index (χ4v) is 1.55. The molecule has 1 N–H and O–H groups in total. The first kappa shape index (κ1) is 14.8. The van der Waals surface area contributed by atoms with E-state index in [1.54, 1.807) is 0 Å². The number of alkyl halides is 1. The summed E-state index contributed by atoms with van der Waals surface area (Å²) < 4.78 is 0. The molecule has 0 aromatic carbocycles. The average molecular weight is 234 g/mol. The van der Waals surface area contributed by atoms with Crippen LogP contribution < -0.4 is 5.32 Å². The Morgan fingerprint density at radius 2 is 1.93 bits per heavy atom. The zero-order chi connectivity index (χ0) is 12.1. The standard InChI is InChI=1S/C12H24ClNO/c1-6-9(2)11(15)14-10(7-8-13)12(3,4)5/h9-10H,6-8H2,1-5H3,(H,14,15). The minimum absolute atomic E-state index is 0.0675. The van der Waals surface area contributed by atoms with Crippen LogP contribution in [0, 0.1) is 11.3 Å². The Labute approximate surface area is 98.8 Å². The van der Waals surface area contributed by atoms with Crippen LogP contribution >= 0.6 is 11.6 Å². The van der Waals surface area contributed by atoms with E-state index < -0.39 is 0 Å². The summed E-state index contributed by atoms with van der Waals surface area (Å²) in [5.74, 6) is 0.815.